The van der Waals surface area contributed by atoms with E-state index in [2.05, 4.69) is 22.4 Å². The lowest BCUT2D eigenvalue weighted by Crippen LogP contribution is -2.33. The van der Waals surface area contributed by atoms with Crippen LogP contribution in [0.15, 0.2) is 11.0 Å². The van der Waals surface area contributed by atoms with E-state index in [9.17, 15) is 4.79 Å². The molecule has 2 rings (SSSR count). The first-order chi connectivity index (χ1) is 10.1. The van der Waals surface area contributed by atoms with E-state index >= 15 is 0 Å². The predicted molar refractivity (Wildman–Crippen MR) is 87.2 cm³/mol. The highest BCUT2D eigenvalue weighted by molar-refractivity contribution is 6.32. The van der Waals surface area contributed by atoms with Crippen LogP contribution in [0.4, 0.5) is 5.69 Å². The third kappa shape index (κ3) is 4.20. The largest absolute Gasteiger partial charge is 0.381 e. The van der Waals surface area contributed by atoms with E-state index < -0.39 is 0 Å². The summed E-state index contributed by atoms with van der Waals surface area (Å²) in [5.41, 5.74) is 0.418. The van der Waals surface area contributed by atoms with Crippen molar-refractivity contribution in [3.63, 3.8) is 0 Å². The van der Waals surface area contributed by atoms with Crippen LogP contribution < -0.4 is 10.9 Å². The molecule has 0 bridgehead atoms. The van der Waals surface area contributed by atoms with E-state index in [-0.39, 0.29) is 10.6 Å². The van der Waals surface area contributed by atoms with Gasteiger partial charge in [0.1, 0.15) is 5.02 Å². The summed E-state index contributed by atoms with van der Waals surface area (Å²) >= 11 is 6.13. The number of hydrogen-bond donors (Lipinski definition) is 1. The Labute approximate surface area is 131 Å². The van der Waals surface area contributed by atoms with Crippen molar-refractivity contribution in [1.29, 1.82) is 0 Å². The molecule has 0 atom stereocenters. The molecule has 1 heterocycles. The maximum atomic E-state index is 12.0. The lowest BCUT2D eigenvalue weighted by Gasteiger charge is -2.24. The monoisotopic (exact) mass is 312 g/mol. The van der Waals surface area contributed by atoms with Gasteiger partial charge >= 0.3 is 0 Å². The molecule has 1 aromatic heterocycles. The quantitative estimate of drug-likeness (QED) is 0.841. The van der Waals surface area contributed by atoms with Crippen LogP contribution >= 0.6 is 11.6 Å². The fraction of sp³-hybridized carbons (Fsp3) is 0.733. The summed E-state index contributed by atoms with van der Waals surface area (Å²) in [5, 5.41) is 7.61. The van der Waals surface area contributed by atoms with Gasteiger partial charge in [0.25, 0.3) is 5.56 Å². The first-order valence-corrected chi connectivity index (χ1v) is 8.21. The van der Waals surface area contributed by atoms with E-state index in [0.29, 0.717) is 18.3 Å². The zero-order valence-electron chi connectivity index (χ0n) is 12.9. The summed E-state index contributed by atoms with van der Waals surface area (Å²) in [6.45, 7) is 4.32. The Hall–Kier alpha value is -1.07. The van der Waals surface area contributed by atoms with Gasteiger partial charge in [0.05, 0.1) is 11.9 Å². The Morgan fingerprint density at radius 1 is 1.48 bits per heavy atom. The molecular formula is C15H25ClN4O. The summed E-state index contributed by atoms with van der Waals surface area (Å²) in [6.07, 6.45) is 7.79. The minimum absolute atomic E-state index is 0.215. The Morgan fingerprint density at radius 2 is 2.19 bits per heavy atom. The number of anilines is 1. The molecule has 118 valence electrons. The van der Waals surface area contributed by atoms with E-state index in [1.807, 2.05) is 6.92 Å². The van der Waals surface area contributed by atoms with E-state index in [0.717, 1.165) is 19.5 Å². The first-order valence-electron chi connectivity index (χ1n) is 7.83. The van der Waals surface area contributed by atoms with Gasteiger partial charge in [-0.1, -0.05) is 31.4 Å². The van der Waals surface area contributed by atoms with Crippen molar-refractivity contribution in [2.75, 3.05) is 25.5 Å². The highest BCUT2D eigenvalue weighted by Crippen LogP contribution is 2.22. The lowest BCUT2D eigenvalue weighted by atomic mass is 10.2. The van der Waals surface area contributed by atoms with Gasteiger partial charge in [-0.05, 0) is 26.3 Å². The van der Waals surface area contributed by atoms with Crippen molar-refractivity contribution in [2.45, 2.75) is 51.6 Å². The fourth-order valence-electron chi connectivity index (χ4n) is 2.85. The smallest absolute Gasteiger partial charge is 0.287 e. The number of rotatable bonds is 7. The van der Waals surface area contributed by atoms with Gasteiger partial charge in [0.15, 0.2) is 0 Å². The molecule has 5 nitrogen and oxygen atoms in total. The molecule has 0 amide bonds. The number of hydrogen-bond acceptors (Lipinski definition) is 4. The number of nitrogens with one attached hydrogen (secondary N) is 1. The molecule has 0 spiro atoms. The summed E-state index contributed by atoms with van der Waals surface area (Å²) in [4.78, 5) is 14.4. The van der Waals surface area contributed by atoms with Crippen LogP contribution in [0.2, 0.25) is 5.02 Å². The van der Waals surface area contributed by atoms with E-state index in [1.54, 1.807) is 6.20 Å². The minimum Gasteiger partial charge on any atom is -0.381 e. The molecule has 21 heavy (non-hydrogen) atoms. The van der Waals surface area contributed by atoms with Crippen LogP contribution in [0.5, 0.6) is 0 Å². The highest BCUT2D eigenvalue weighted by Gasteiger charge is 2.19. The topological polar surface area (TPSA) is 50.2 Å². The zero-order valence-corrected chi connectivity index (χ0v) is 13.7. The van der Waals surface area contributed by atoms with Crippen molar-refractivity contribution >= 4 is 17.3 Å². The van der Waals surface area contributed by atoms with Gasteiger partial charge in [-0.25, -0.2) is 4.68 Å². The van der Waals surface area contributed by atoms with E-state index in [4.69, 9.17) is 11.6 Å². The second kappa shape index (κ2) is 7.80. The molecule has 0 saturated heterocycles. The van der Waals surface area contributed by atoms with Crippen molar-refractivity contribution in [3.8, 4) is 0 Å². The van der Waals surface area contributed by atoms with Crippen molar-refractivity contribution in [3.05, 3.63) is 21.6 Å². The van der Waals surface area contributed by atoms with Crippen molar-refractivity contribution in [1.82, 2.24) is 14.7 Å². The van der Waals surface area contributed by atoms with Gasteiger partial charge in [-0.3, -0.25) is 4.79 Å². The standard InChI is InChI=1S/C15H25ClN4O/c1-3-9-20-15(21)14(16)13(11-18-20)17-8-10-19(2)12-6-4-5-7-12/h11-12,17H,3-10H2,1-2H3. The van der Waals surface area contributed by atoms with Crippen LogP contribution in [0.3, 0.4) is 0 Å². The number of nitrogens with zero attached hydrogens (tertiary/aromatic N) is 3. The molecular weight excluding hydrogens is 288 g/mol. The van der Waals surface area contributed by atoms with Crippen LogP contribution in [0, 0.1) is 0 Å². The van der Waals surface area contributed by atoms with Crippen LogP contribution in [-0.2, 0) is 6.54 Å². The van der Waals surface area contributed by atoms with Crippen LogP contribution in [0.25, 0.3) is 0 Å². The lowest BCUT2D eigenvalue weighted by molar-refractivity contribution is 0.254. The second-order valence-corrected chi connectivity index (χ2v) is 6.12. The number of halogens is 1. The number of likely N-dealkylation sites (N-methyl/N-ethyl adjacent to an activating group) is 1. The average molecular weight is 313 g/mol. The summed E-state index contributed by atoms with van der Waals surface area (Å²) in [5.74, 6) is 0. The molecule has 1 aliphatic carbocycles. The van der Waals surface area contributed by atoms with Crippen molar-refractivity contribution < 1.29 is 0 Å². The third-order valence-corrected chi connectivity index (χ3v) is 4.51. The molecule has 1 fully saturated rings. The zero-order chi connectivity index (χ0) is 15.2. The maximum Gasteiger partial charge on any atom is 0.287 e. The van der Waals surface area contributed by atoms with Gasteiger partial charge < -0.3 is 10.2 Å². The van der Waals surface area contributed by atoms with E-state index in [1.165, 1.54) is 30.4 Å². The molecule has 1 aliphatic rings. The van der Waals surface area contributed by atoms with Gasteiger partial charge in [-0.2, -0.15) is 5.10 Å². The highest BCUT2D eigenvalue weighted by atomic mass is 35.5. The van der Waals surface area contributed by atoms with Crippen LogP contribution in [0.1, 0.15) is 39.0 Å². The van der Waals surface area contributed by atoms with Crippen LogP contribution in [-0.4, -0.2) is 40.9 Å². The Bertz CT molecular complexity index is 511. The van der Waals surface area contributed by atoms with Gasteiger partial charge in [0, 0.05) is 25.7 Å². The number of aromatic nitrogens is 2. The fourth-order valence-corrected chi connectivity index (χ4v) is 3.07. The summed E-state index contributed by atoms with van der Waals surface area (Å²) < 4.78 is 1.41. The first kappa shape index (κ1) is 16.3. The molecule has 0 aliphatic heterocycles. The second-order valence-electron chi connectivity index (χ2n) is 5.75. The molecule has 6 heteroatoms. The predicted octanol–water partition coefficient (Wildman–Crippen LogP) is 2.59. The Morgan fingerprint density at radius 3 is 2.86 bits per heavy atom. The molecule has 1 N–H and O–H groups in total. The normalized spacial score (nSPS) is 15.8. The SMILES string of the molecule is CCCn1ncc(NCCN(C)C2CCCC2)c(Cl)c1=O. The molecule has 1 aromatic rings. The molecule has 0 radical (unpaired) electrons. The average Bonchev–Trinajstić information content (AvgIpc) is 3.00. The van der Waals surface area contributed by atoms with Gasteiger partial charge in [0.2, 0.25) is 0 Å². The summed E-state index contributed by atoms with van der Waals surface area (Å²) in [6, 6.07) is 0.706. The Balaban J connectivity index is 1.88. The molecule has 0 unspecified atom stereocenters. The van der Waals surface area contributed by atoms with Gasteiger partial charge in [-0.15, -0.1) is 0 Å². The minimum atomic E-state index is -0.215. The number of aryl methyl sites for hydroxylation is 1. The summed E-state index contributed by atoms with van der Waals surface area (Å²) in [7, 11) is 2.16. The maximum absolute atomic E-state index is 12.0. The van der Waals surface area contributed by atoms with Crippen molar-refractivity contribution in [2.24, 2.45) is 0 Å². The molecule has 0 aromatic carbocycles. The Kier molecular flexibility index (Phi) is 6.06. The molecule has 1 saturated carbocycles. The third-order valence-electron chi connectivity index (χ3n) is 4.15.